The summed E-state index contributed by atoms with van der Waals surface area (Å²) in [6, 6.07) is 46.8. The van der Waals surface area contributed by atoms with E-state index < -0.39 is 34.6 Å². The van der Waals surface area contributed by atoms with Gasteiger partial charge in [0.25, 0.3) is 0 Å². The Kier molecular flexibility index (Phi) is 9.35. The van der Waals surface area contributed by atoms with Crippen molar-refractivity contribution in [1.82, 2.24) is 9.13 Å². The Hall–Kier alpha value is -7.57. The van der Waals surface area contributed by atoms with E-state index in [0.717, 1.165) is 83.2 Å². The summed E-state index contributed by atoms with van der Waals surface area (Å²) in [5, 5.41) is 14.2. The average Bonchev–Trinajstić information content (AvgIpc) is 3.76. The van der Waals surface area contributed by atoms with Crippen molar-refractivity contribution >= 4 is 43.6 Å². The molecule has 9 heteroatoms. The molecule has 0 unspecified atom stereocenters. The molecule has 64 heavy (non-hydrogen) atoms. The fraction of sp³-hybridized carbons (Fsp3) is 0.109. The number of alkyl halides is 6. The number of aromatic nitrogens is 2. The van der Waals surface area contributed by atoms with Crippen molar-refractivity contribution in [1.29, 1.82) is 5.26 Å². The van der Waals surface area contributed by atoms with Crippen LogP contribution in [-0.2, 0) is 12.4 Å². The van der Waals surface area contributed by atoms with Crippen molar-refractivity contribution in [3.05, 3.63) is 191 Å². The van der Waals surface area contributed by atoms with Crippen LogP contribution in [-0.4, -0.2) is 9.13 Å². The van der Waals surface area contributed by atoms with E-state index in [1.165, 1.54) is 12.1 Å². The van der Waals surface area contributed by atoms with E-state index in [1.807, 2.05) is 116 Å². The molecule has 8 aromatic carbocycles. The summed E-state index contributed by atoms with van der Waals surface area (Å²) >= 11 is 0. The van der Waals surface area contributed by atoms with Crippen LogP contribution in [0, 0.1) is 39.0 Å². The SMILES string of the molecule is Cc1cc(C)cc(-c2ccc3c(c2)c2ccccc2n3-c2cc(C#N)c(-c3c(C(F)(F)F)cccc3C(F)(F)F)cc2-n2c3ccccc3c3cc(-c4cc(C)cc(C)c4)ccc32)c1. The van der Waals surface area contributed by atoms with Gasteiger partial charge in [-0.05, 0) is 111 Å². The van der Waals surface area contributed by atoms with Crippen molar-refractivity contribution in [2.75, 3.05) is 0 Å². The third-order valence-corrected chi connectivity index (χ3v) is 12.1. The second kappa shape index (κ2) is 14.8. The lowest BCUT2D eigenvalue weighted by Crippen LogP contribution is -2.15. The molecule has 2 heterocycles. The predicted octanol–water partition coefficient (Wildman–Crippen LogP) is 16.0. The zero-order valence-corrected chi connectivity index (χ0v) is 35.0. The van der Waals surface area contributed by atoms with Gasteiger partial charge < -0.3 is 9.13 Å². The molecule has 0 radical (unpaired) electrons. The van der Waals surface area contributed by atoms with Crippen LogP contribution in [0.4, 0.5) is 26.3 Å². The van der Waals surface area contributed by atoms with E-state index in [9.17, 15) is 31.6 Å². The van der Waals surface area contributed by atoms with Gasteiger partial charge in [-0.2, -0.15) is 31.6 Å². The molecule has 0 atom stereocenters. The van der Waals surface area contributed by atoms with E-state index in [2.05, 4.69) is 48.5 Å². The fourth-order valence-electron chi connectivity index (χ4n) is 9.66. The number of fused-ring (bicyclic) bond motifs is 6. The number of rotatable bonds is 5. The second-order valence-electron chi connectivity index (χ2n) is 16.6. The monoisotopic (exact) mass is 853 g/mol. The van der Waals surface area contributed by atoms with Gasteiger partial charge in [0.2, 0.25) is 0 Å². The summed E-state index contributed by atoms with van der Waals surface area (Å²) in [4.78, 5) is 0. The zero-order chi connectivity index (χ0) is 44.8. The standard InChI is InChI=1S/C55H37F6N3/c1-31-20-32(2)23-37(22-31)35-16-18-49-43(26-35)40-10-5-7-14-47(40)63(49)51-28-39(30-62)42(53-45(54(56,57)58)12-9-13-46(53)55(59,60)61)29-52(51)64-48-15-8-6-11-41(48)44-27-36(17-19-50(44)64)38-24-33(3)21-34(4)25-38/h5-29H,1-4H3. The van der Waals surface area contributed by atoms with Gasteiger partial charge in [-0.15, -0.1) is 0 Å². The summed E-state index contributed by atoms with van der Waals surface area (Å²) in [6.45, 7) is 8.15. The molecule has 0 bridgehead atoms. The van der Waals surface area contributed by atoms with E-state index in [1.54, 1.807) is 0 Å². The predicted molar refractivity (Wildman–Crippen MR) is 245 cm³/mol. The normalized spacial score (nSPS) is 12.2. The molecule has 0 spiro atoms. The van der Waals surface area contributed by atoms with Crippen molar-refractivity contribution in [3.63, 3.8) is 0 Å². The molecule has 2 aromatic heterocycles. The molecule has 0 amide bonds. The van der Waals surface area contributed by atoms with Crippen LogP contribution in [0.25, 0.3) is 88.4 Å². The summed E-state index contributed by atoms with van der Waals surface area (Å²) in [7, 11) is 0. The van der Waals surface area contributed by atoms with Gasteiger partial charge in [-0.25, -0.2) is 0 Å². The number of aryl methyl sites for hydroxylation is 4. The lowest BCUT2D eigenvalue weighted by atomic mass is 9.89. The number of hydrogen-bond acceptors (Lipinski definition) is 1. The third kappa shape index (κ3) is 6.69. The zero-order valence-electron chi connectivity index (χ0n) is 35.0. The van der Waals surface area contributed by atoms with Crippen LogP contribution in [0.1, 0.15) is 38.9 Å². The lowest BCUT2D eigenvalue weighted by Gasteiger charge is -2.23. The minimum absolute atomic E-state index is 0.283. The smallest absolute Gasteiger partial charge is 0.307 e. The Balaban J connectivity index is 1.35. The van der Waals surface area contributed by atoms with Gasteiger partial charge in [-0.1, -0.05) is 113 Å². The summed E-state index contributed by atoms with van der Waals surface area (Å²) in [6.07, 6.45) is -10.4. The molecule has 0 N–H and O–H groups in total. The van der Waals surface area contributed by atoms with Gasteiger partial charge in [0.05, 0.1) is 56.2 Å². The van der Waals surface area contributed by atoms with Crippen LogP contribution in [0.5, 0.6) is 0 Å². The molecule has 0 aliphatic rings. The molecular weight excluding hydrogens is 817 g/mol. The number of benzene rings is 8. The minimum Gasteiger partial charge on any atom is -0.307 e. The van der Waals surface area contributed by atoms with Gasteiger partial charge in [0, 0.05) is 32.7 Å². The topological polar surface area (TPSA) is 33.6 Å². The average molecular weight is 854 g/mol. The van der Waals surface area contributed by atoms with Gasteiger partial charge in [-0.3, -0.25) is 0 Å². The number of para-hydroxylation sites is 2. The number of hydrogen-bond donors (Lipinski definition) is 0. The minimum atomic E-state index is -5.18. The van der Waals surface area contributed by atoms with E-state index in [0.29, 0.717) is 28.9 Å². The van der Waals surface area contributed by atoms with Crippen LogP contribution in [0.2, 0.25) is 0 Å². The molecule has 0 saturated carbocycles. The first-order chi connectivity index (χ1) is 30.6. The molecule has 10 rings (SSSR count). The van der Waals surface area contributed by atoms with Crippen molar-refractivity contribution in [2.24, 2.45) is 0 Å². The molecule has 0 aliphatic carbocycles. The largest absolute Gasteiger partial charge is 0.417 e. The summed E-state index contributed by atoms with van der Waals surface area (Å²) < 4.78 is 93.5. The van der Waals surface area contributed by atoms with Crippen molar-refractivity contribution in [2.45, 2.75) is 40.0 Å². The molecule has 0 saturated heterocycles. The van der Waals surface area contributed by atoms with E-state index in [-0.39, 0.29) is 11.3 Å². The quantitative estimate of drug-likeness (QED) is 0.159. The molecule has 3 nitrogen and oxygen atoms in total. The van der Waals surface area contributed by atoms with Crippen LogP contribution in [0.15, 0.2) is 152 Å². The third-order valence-electron chi connectivity index (χ3n) is 12.1. The maximum absolute atomic E-state index is 14.9. The molecule has 10 aromatic rings. The Morgan fingerprint density at radius 1 is 0.406 bits per heavy atom. The molecule has 0 fully saturated rings. The van der Waals surface area contributed by atoms with Crippen LogP contribution < -0.4 is 0 Å². The second-order valence-corrected chi connectivity index (χ2v) is 16.6. The highest BCUT2D eigenvalue weighted by atomic mass is 19.4. The van der Waals surface area contributed by atoms with Crippen LogP contribution >= 0.6 is 0 Å². The first-order valence-electron chi connectivity index (χ1n) is 20.7. The number of nitrogens with zero attached hydrogens (tertiary/aromatic N) is 3. The highest BCUT2D eigenvalue weighted by Gasteiger charge is 2.42. The highest BCUT2D eigenvalue weighted by molar-refractivity contribution is 6.13. The Bertz CT molecular complexity index is 3520. The molecular formula is C55H37F6N3. The molecule has 0 aliphatic heterocycles. The summed E-state index contributed by atoms with van der Waals surface area (Å²) in [5.74, 6) is 0. The molecule has 314 valence electrons. The maximum Gasteiger partial charge on any atom is 0.417 e. The first-order valence-corrected chi connectivity index (χ1v) is 20.7. The first kappa shape index (κ1) is 40.5. The van der Waals surface area contributed by atoms with E-state index >= 15 is 0 Å². The Morgan fingerprint density at radius 3 is 1.23 bits per heavy atom. The van der Waals surface area contributed by atoms with Crippen molar-refractivity contribution in [3.8, 4) is 50.8 Å². The van der Waals surface area contributed by atoms with Gasteiger partial charge >= 0.3 is 12.4 Å². The van der Waals surface area contributed by atoms with Gasteiger partial charge in [0.1, 0.15) is 0 Å². The number of halogens is 6. The lowest BCUT2D eigenvalue weighted by molar-refractivity contribution is -0.142. The van der Waals surface area contributed by atoms with E-state index in [4.69, 9.17) is 0 Å². The summed E-state index contributed by atoms with van der Waals surface area (Å²) in [5.41, 5.74) is 6.92. The Labute approximate surface area is 364 Å². The van der Waals surface area contributed by atoms with Crippen molar-refractivity contribution < 1.29 is 26.3 Å². The Morgan fingerprint density at radius 2 is 0.812 bits per heavy atom. The van der Waals surface area contributed by atoms with Crippen LogP contribution in [0.3, 0.4) is 0 Å². The fourth-order valence-corrected chi connectivity index (χ4v) is 9.66. The highest BCUT2D eigenvalue weighted by Crippen LogP contribution is 2.48. The number of nitriles is 1. The maximum atomic E-state index is 14.9. The van der Waals surface area contributed by atoms with Gasteiger partial charge in [0.15, 0.2) is 0 Å².